The molecule has 30 heteroatoms. The summed E-state index contributed by atoms with van der Waals surface area (Å²) in [5.41, 5.74) is 15.3. The Balaban J connectivity index is -0.000000736. The second kappa shape index (κ2) is 45.0. The third-order valence-corrected chi connectivity index (χ3v) is 5.99. The molecule has 4 unspecified atom stereocenters. The fourth-order valence-corrected chi connectivity index (χ4v) is 3.57. The van der Waals surface area contributed by atoms with Crippen molar-refractivity contribution in [2.45, 2.75) is 62.9 Å². The van der Waals surface area contributed by atoms with Gasteiger partial charge >= 0.3 is 102 Å². The van der Waals surface area contributed by atoms with E-state index in [2.05, 4.69) is 5.16 Å². The molecule has 0 spiro atoms. The minimum Gasteiger partial charge on any atom is -0.509 e. The number of nitrogens with zero attached hydrogens (tertiary/aromatic N) is 6. The molecule has 0 aromatic rings. The maximum absolute atomic E-state index is 9.74. The van der Waals surface area contributed by atoms with E-state index in [9.17, 15) is 27.0 Å². The molecule has 54 heavy (non-hydrogen) atoms. The maximum Gasteiger partial charge on any atom is 2.00 e. The Bertz CT molecular complexity index is 1010. The van der Waals surface area contributed by atoms with Crippen LogP contribution in [0.1, 0.15) is 38.5 Å². The summed E-state index contributed by atoms with van der Waals surface area (Å²) in [6.45, 7) is -2.02. The first-order valence-corrected chi connectivity index (χ1v) is 14.3. The minimum absolute atomic E-state index is 0. The van der Waals surface area contributed by atoms with Crippen molar-refractivity contribution in [3.8, 4) is 0 Å². The third-order valence-electron chi connectivity index (χ3n) is 5.99. The van der Waals surface area contributed by atoms with Gasteiger partial charge in [-0.1, -0.05) is 35.0 Å². The molecule has 0 saturated heterocycles. The summed E-state index contributed by atoms with van der Waals surface area (Å²) in [4.78, 5) is 0. The van der Waals surface area contributed by atoms with Crippen LogP contribution >= 0.6 is 0 Å². The number of amidine groups is 6. The quantitative estimate of drug-likeness (QED) is 0.0112. The predicted molar refractivity (Wildman–Crippen MR) is 168 cm³/mol. The van der Waals surface area contributed by atoms with Crippen molar-refractivity contribution in [1.82, 2.24) is 27.4 Å². The van der Waals surface area contributed by atoms with Gasteiger partial charge in [0.2, 0.25) is 0 Å². The summed E-state index contributed by atoms with van der Waals surface area (Å²) < 4.78 is 35.2. The number of hydrogen-bond donors (Lipinski definition) is 11. The molecular weight excluding hydrogens is 1030 g/mol. The number of nitrogens with one attached hydrogen (secondary N) is 6. The zero-order valence-electron chi connectivity index (χ0n) is 27.8. The average molecular weight is 1070 g/mol. The molecule has 0 aromatic heterocycles. The second-order valence-electron chi connectivity index (χ2n) is 9.48. The topological polar surface area (TPSA) is 385 Å². The summed E-state index contributed by atoms with van der Waals surface area (Å²) >= 11 is 0. The van der Waals surface area contributed by atoms with E-state index < -0.39 is 53.6 Å². The number of oxime groups is 1. The van der Waals surface area contributed by atoms with Crippen molar-refractivity contribution >= 4 is 35.0 Å². The molecule has 12 N–H and O–H groups in total. The molecule has 0 heterocycles. The number of hydroxylamine groups is 5. The maximum atomic E-state index is 9.74. The smallest absolute Gasteiger partial charge is 0.509 e. The standard InChI is InChI=1S/C24H44N12O12.6Cu/c25-17(31-37)1-7-43-13-15(45-9-3-19(27)33-39)23(47-11-5-21(29)35-41)24(48-12-6-22(30)36-42)16(46-10-4-20(28)34-40)14-44-8-2-18(26)32-38;;;;;;/h15-16,23-24H,1-14H2,(H12-6,25,26,27,28,29,30,31,32,33,34,35,36,37,38,39,40,41,42);;;;;;/q-6;6*+2. The van der Waals surface area contributed by atoms with E-state index in [0.717, 1.165) is 0 Å². The minimum atomic E-state index is -1.27. The Morgan fingerprint density at radius 2 is 0.722 bits per heavy atom. The van der Waals surface area contributed by atoms with Crippen molar-refractivity contribution < 1.29 is 162 Å². The van der Waals surface area contributed by atoms with E-state index >= 15 is 0 Å². The molecule has 0 rings (SSSR count). The van der Waals surface area contributed by atoms with Gasteiger partial charge in [0.15, 0.2) is 0 Å². The van der Waals surface area contributed by atoms with E-state index in [-0.39, 0.29) is 200 Å². The summed E-state index contributed by atoms with van der Waals surface area (Å²) in [5, 5.41) is 105. The molecule has 0 aliphatic rings. The second-order valence-corrected chi connectivity index (χ2v) is 9.48. The molecule has 0 saturated carbocycles. The van der Waals surface area contributed by atoms with Crippen molar-refractivity contribution in [3.05, 3.63) is 32.8 Å². The van der Waals surface area contributed by atoms with Crippen LogP contribution in [-0.4, -0.2) is 144 Å². The van der Waals surface area contributed by atoms with Crippen LogP contribution in [0.3, 0.4) is 0 Å². The average Bonchev–Trinajstić information content (AvgIpc) is 3.10. The van der Waals surface area contributed by atoms with E-state index in [4.69, 9.17) is 65.4 Å². The SMILES string of the molecule is [Cu+2].[Cu+2].[Cu+2].[Cu+2].[Cu+2].[Cu+2].[N-]=C(CCOCC(OCCC(=[N-])NO)C(OCCC(=[N-])NO)C(OCCC(=[N-])NO)C(COCCC([NH-])=NO)OCCC(=[N-])NO)NO. The Morgan fingerprint density at radius 1 is 0.463 bits per heavy atom. The molecule has 332 valence electrons. The zero-order chi connectivity index (χ0) is 36.2. The van der Waals surface area contributed by atoms with Gasteiger partial charge in [-0.2, -0.15) is 0 Å². The van der Waals surface area contributed by atoms with E-state index in [1.54, 1.807) is 27.4 Å². The Hall–Kier alpha value is -0.703. The fraction of sp³-hybridized carbons (Fsp3) is 0.750. The third kappa shape index (κ3) is 34.5. The molecule has 0 bridgehead atoms. The van der Waals surface area contributed by atoms with Gasteiger partial charge in [0.05, 0.1) is 52.9 Å². The molecule has 0 aliphatic carbocycles. The van der Waals surface area contributed by atoms with Gasteiger partial charge in [-0.15, -0.1) is 0 Å². The molecule has 24 nitrogen and oxygen atoms in total. The van der Waals surface area contributed by atoms with Gasteiger partial charge in [-0.05, 0) is 38.5 Å². The normalized spacial score (nSPS) is 12.4. The van der Waals surface area contributed by atoms with Crippen LogP contribution in [0, 0.1) is 0 Å². The van der Waals surface area contributed by atoms with Crippen molar-refractivity contribution in [2.75, 3.05) is 52.9 Å². The summed E-state index contributed by atoms with van der Waals surface area (Å²) in [6.07, 6.45) is -6.07. The van der Waals surface area contributed by atoms with E-state index in [1.165, 1.54) is 0 Å². The van der Waals surface area contributed by atoms with Gasteiger partial charge in [-0.25, -0.2) is 0 Å². The van der Waals surface area contributed by atoms with Gasteiger partial charge in [0.25, 0.3) is 0 Å². The number of ether oxygens (including phenoxy) is 6. The van der Waals surface area contributed by atoms with E-state index in [1.807, 2.05) is 0 Å². The molecular formula is C24H44Cu6N12O12+6. The van der Waals surface area contributed by atoms with Crippen LogP contribution in [0.4, 0.5) is 0 Å². The number of rotatable bonds is 29. The first-order chi connectivity index (χ1) is 23.1. The van der Waals surface area contributed by atoms with Crippen LogP contribution in [0.15, 0.2) is 5.16 Å². The van der Waals surface area contributed by atoms with Crippen molar-refractivity contribution in [1.29, 1.82) is 0 Å². The molecule has 4 atom stereocenters. The van der Waals surface area contributed by atoms with Crippen LogP contribution in [-0.2, 0) is 131 Å². The Kier molecular flexibility index (Phi) is 56.7. The van der Waals surface area contributed by atoms with Crippen LogP contribution in [0.2, 0.25) is 0 Å². The Morgan fingerprint density at radius 3 is 1.00 bits per heavy atom. The van der Waals surface area contributed by atoms with Crippen LogP contribution < -0.4 is 27.4 Å². The summed E-state index contributed by atoms with van der Waals surface area (Å²) in [5.74, 6) is -3.12. The summed E-state index contributed by atoms with van der Waals surface area (Å²) in [6, 6.07) is 0. The zero-order valence-corrected chi connectivity index (χ0v) is 33.5. The van der Waals surface area contributed by atoms with Crippen molar-refractivity contribution in [3.63, 3.8) is 0 Å². The monoisotopic (exact) mass is 1070 g/mol. The van der Waals surface area contributed by atoms with Crippen LogP contribution in [0.25, 0.3) is 32.8 Å². The largest absolute Gasteiger partial charge is 2.00 e. The van der Waals surface area contributed by atoms with Crippen LogP contribution in [0.5, 0.6) is 0 Å². The molecule has 0 amide bonds. The molecule has 6 radical (unpaired) electrons. The van der Waals surface area contributed by atoms with Gasteiger partial charge in [0, 0.05) is 0 Å². The first kappa shape index (κ1) is 68.0. The van der Waals surface area contributed by atoms with E-state index in [0.29, 0.717) is 0 Å². The molecule has 0 aromatic carbocycles. The van der Waals surface area contributed by atoms with Gasteiger partial charge < -0.3 is 125 Å². The predicted octanol–water partition coefficient (Wildman–Crippen LogP) is -0.541. The Labute approximate surface area is 375 Å². The van der Waals surface area contributed by atoms with Gasteiger partial charge in [-0.3, -0.25) is 0 Å². The van der Waals surface area contributed by atoms with Crippen molar-refractivity contribution in [2.24, 2.45) is 5.16 Å². The fourth-order valence-electron chi connectivity index (χ4n) is 3.57. The first-order valence-electron chi connectivity index (χ1n) is 14.3. The number of hydrogen-bond acceptors (Lipinski definition) is 13. The van der Waals surface area contributed by atoms with Gasteiger partial charge in [0.1, 0.15) is 24.4 Å². The summed E-state index contributed by atoms with van der Waals surface area (Å²) in [7, 11) is 0. The molecule has 0 fully saturated rings. The molecule has 0 aliphatic heterocycles.